The van der Waals surface area contributed by atoms with Gasteiger partial charge in [0, 0.05) is 27.4 Å². The molecule has 0 aliphatic rings. The SMILES string of the molecule is Cc1cccc(C(Br)Cc2ccc3ccccc3n2)c1Cl. The van der Waals surface area contributed by atoms with Crippen molar-refractivity contribution in [2.45, 2.75) is 18.2 Å². The van der Waals surface area contributed by atoms with Gasteiger partial charge in [-0.15, -0.1) is 0 Å². The van der Waals surface area contributed by atoms with E-state index in [0.29, 0.717) is 0 Å². The number of aryl methyl sites for hydroxylation is 1. The summed E-state index contributed by atoms with van der Waals surface area (Å²) in [4.78, 5) is 4.89. The van der Waals surface area contributed by atoms with Crippen LogP contribution >= 0.6 is 27.5 Å². The Balaban J connectivity index is 1.89. The largest absolute Gasteiger partial charge is 0.253 e. The molecule has 0 saturated carbocycles. The number of alkyl halides is 1. The summed E-state index contributed by atoms with van der Waals surface area (Å²) in [5, 5.41) is 2.00. The number of hydrogen-bond acceptors (Lipinski definition) is 1. The molecule has 0 fully saturated rings. The lowest BCUT2D eigenvalue weighted by atomic mass is 10.0. The van der Waals surface area contributed by atoms with Crippen molar-refractivity contribution in [3.05, 3.63) is 76.4 Å². The topological polar surface area (TPSA) is 12.9 Å². The van der Waals surface area contributed by atoms with Gasteiger partial charge in [0.2, 0.25) is 0 Å². The van der Waals surface area contributed by atoms with Crippen molar-refractivity contribution in [1.29, 1.82) is 0 Å². The highest BCUT2D eigenvalue weighted by Gasteiger charge is 2.14. The van der Waals surface area contributed by atoms with E-state index in [2.05, 4.69) is 40.2 Å². The van der Waals surface area contributed by atoms with Crippen LogP contribution in [0.5, 0.6) is 0 Å². The van der Waals surface area contributed by atoms with Gasteiger partial charge in [-0.25, -0.2) is 0 Å². The third kappa shape index (κ3) is 3.12. The van der Waals surface area contributed by atoms with E-state index in [1.807, 2.05) is 37.3 Å². The minimum Gasteiger partial charge on any atom is -0.253 e. The molecule has 21 heavy (non-hydrogen) atoms. The van der Waals surface area contributed by atoms with Crippen LogP contribution in [0.25, 0.3) is 10.9 Å². The van der Waals surface area contributed by atoms with E-state index in [1.165, 1.54) is 5.39 Å². The second-order valence-corrected chi connectivity index (χ2v) is 6.63. The second kappa shape index (κ2) is 6.17. The van der Waals surface area contributed by atoms with Gasteiger partial charge in [0.25, 0.3) is 0 Å². The van der Waals surface area contributed by atoms with E-state index in [9.17, 15) is 0 Å². The van der Waals surface area contributed by atoms with E-state index in [4.69, 9.17) is 16.6 Å². The molecule has 1 atom stereocenters. The van der Waals surface area contributed by atoms with Gasteiger partial charge in [0.05, 0.1) is 5.52 Å². The Morgan fingerprint density at radius 1 is 1.05 bits per heavy atom. The Kier molecular flexibility index (Phi) is 4.27. The number of halogens is 2. The highest BCUT2D eigenvalue weighted by molar-refractivity contribution is 9.09. The summed E-state index contributed by atoms with van der Waals surface area (Å²) in [6, 6.07) is 18.5. The zero-order valence-electron chi connectivity index (χ0n) is 11.7. The molecule has 1 nitrogen and oxygen atoms in total. The van der Waals surface area contributed by atoms with Crippen LogP contribution in [0.4, 0.5) is 0 Å². The zero-order valence-corrected chi connectivity index (χ0v) is 14.0. The molecule has 3 rings (SSSR count). The molecule has 3 heteroatoms. The molecule has 0 saturated heterocycles. The number of rotatable bonds is 3. The summed E-state index contributed by atoms with van der Waals surface area (Å²) in [6.45, 7) is 2.03. The fourth-order valence-electron chi connectivity index (χ4n) is 2.43. The Morgan fingerprint density at radius 3 is 2.71 bits per heavy atom. The van der Waals surface area contributed by atoms with Crippen molar-refractivity contribution in [1.82, 2.24) is 4.98 Å². The van der Waals surface area contributed by atoms with Gasteiger partial charge in [0.1, 0.15) is 0 Å². The number of fused-ring (bicyclic) bond motifs is 1. The van der Waals surface area contributed by atoms with E-state index >= 15 is 0 Å². The van der Waals surface area contributed by atoms with Gasteiger partial charge in [-0.1, -0.05) is 70.0 Å². The molecule has 1 heterocycles. The molecular weight excluding hydrogens is 346 g/mol. The lowest BCUT2D eigenvalue weighted by Gasteiger charge is -2.13. The first kappa shape index (κ1) is 14.6. The van der Waals surface area contributed by atoms with Crippen LogP contribution < -0.4 is 0 Å². The minimum absolute atomic E-state index is 0.165. The highest BCUT2D eigenvalue weighted by Crippen LogP contribution is 2.33. The first-order chi connectivity index (χ1) is 10.1. The summed E-state index contributed by atoms with van der Waals surface area (Å²) in [6.07, 6.45) is 0.813. The molecule has 0 N–H and O–H groups in total. The van der Waals surface area contributed by atoms with Gasteiger partial charge in [0.15, 0.2) is 0 Å². The lowest BCUT2D eigenvalue weighted by molar-refractivity contribution is 0.912. The van der Waals surface area contributed by atoms with Crippen molar-refractivity contribution in [2.75, 3.05) is 0 Å². The summed E-state index contributed by atoms with van der Waals surface area (Å²) in [7, 11) is 0. The van der Waals surface area contributed by atoms with Crippen molar-refractivity contribution < 1.29 is 0 Å². The number of para-hydroxylation sites is 1. The van der Waals surface area contributed by atoms with Crippen molar-refractivity contribution in [3.63, 3.8) is 0 Å². The summed E-state index contributed by atoms with van der Waals surface area (Å²) in [5.74, 6) is 0. The van der Waals surface area contributed by atoms with E-state index in [1.54, 1.807) is 0 Å². The average molecular weight is 361 g/mol. The van der Waals surface area contributed by atoms with Crippen LogP contribution in [0.3, 0.4) is 0 Å². The Hall–Kier alpha value is -1.38. The average Bonchev–Trinajstić information content (AvgIpc) is 2.50. The predicted octanol–water partition coefficient (Wildman–Crippen LogP) is 5.88. The number of benzene rings is 2. The van der Waals surface area contributed by atoms with Gasteiger partial charge in [-0.3, -0.25) is 4.98 Å². The Morgan fingerprint density at radius 2 is 1.86 bits per heavy atom. The van der Waals surface area contributed by atoms with Crippen molar-refractivity contribution in [2.24, 2.45) is 0 Å². The molecule has 1 aromatic heterocycles. The maximum atomic E-state index is 6.40. The molecule has 0 radical (unpaired) electrons. The standard InChI is InChI=1S/C18H15BrClN/c1-12-5-4-7-15(18(12)20)16(19)11-14-10-9-13-6-2-3-8-17(13)21-14/h2-10,16H,11H2,1H3. The van der Waals surface area contributed by atoms with Crippen LogP contribution in [0.15, 0.2) is 54.6 Å². The summed E-state index contributed by atoms with van der Waals surface area (Å²) in [5.41, 5.74) is 4.31. The summed E-state index contributed by atoms with van der Waals surface area (Å²) < 4.78 is 0. The molecule has 0 aliphatic heterocycles. The molecule has 106 valence electrons. The van der Waals surface area contributed by atoms with E-state index in [0.717, 1.165) is 33.8 Å². The fraction of sp³-hybridized carbons (Fsp3) is 0.167. The predicted molar refractivity (Wildman–Crippen MR) is 93.3 cm³/mol. The van der Waals surface area contributed by atoms with Crippen molar-refractivity contribution >= 4 is 38.4 Å². The lowest BCUT2D eigenvalue weighted by Crippen LogP contribution is -1.99. The number of hydrogen-bond donors (Lipinski definition) is 0. The van der Waals surface area contributed by atoms with Crippen LogP contribution in [0.1, 0.15) is 21.6 Å². The molecule has 0 aliphatic carbocycles. The first-order valence-corrected chi connectivity index (χ1v) is 8.18. The van der Waals surface area contributed by atoms with Gasteiger partial charge >= 0.3 is 0 Å². The quantitative estimate of drug-likeness (QED) is 0.532. The maximum absolute atomic E-state index is 6.40. The first-order valence-electron chi connectivity index (χ1n) is 6.89. The normalized spacial score (nSPS) is 12.5. The number of aromatic nitrogens is 1. The smallest absolute Gasteiger partial charge is 0.0705 e. The molecule has 0 amide bonds. The van der Waals surface area contributed by atoms with E-state index < -0.39 is 0 Å². The molecule has 0 spiro atoms. The molecule has 1 unspecified atom stereocenters. The van der Waals surface area contributed by atoms with Gasteiger partial charge in [-0.05, 0) is 30.2 Å². The van der Waals surface area contributed by atoms with E-state index in [-0.39, 0.29) is 4.83 Å². The molecular formula is C18H15BrClN. The van der Waals surface area contributed by atoms with Gasteiger partial charge < -0.3 is 0 Å². The van der Waals surface area contributed by atoms with Crippen LogP contribution in [-0.2, 0) is 6.42 Å². The monoisotopic (exact) mass is 359 g/mol. The van der Waals surface area contributed by atoms with Crippen molar-refractivity contribution in [3.8, 4) is 0 Å². The minimum atomic E-state index is 0.165. The molecule has 0 bridgehead atoms. The Bertz CT molecular complexity index is 785. The number of nitrogens with zero attached hydrogens (tertiary/aromatic N) is 1. The third-order valence-electron chi connectivity index (χ3n) is 3.60. The zero-order chi connectivity index (χ0) is 14.8. The van der Waals surface area contributed by atoms with Crippen LogP contribution in [-0.4, -0.2) is 4.98 Å². The van der Waals surface area contributed by atoms with Crippen LogP contribution in [0, 0.1) is 6.92 Å². The summed E-state index contributed by atoms with van der Waals surface area (Å²) >= 11 is 10.1. The maximum Gasteiger partial charge on any atom is 0.0705 e. The molecule has 2 aromatic carbocycles. The third-order valence-corrected chi connectivity index (χ3v) is 4.94. The van der Waals surface area contributed by atoms with Crippen LogP contribution in [0.2, 0.25) is 5.02 Å². The van der Waals surface area contributed by atoms with Gasteiger partial charge in [-0.2, -0.15) is 0 Å². The highest BCUT2D eigenvalue weighted by atomic mass is 79.9. The second-order valence-electron chi connectivity index (χ2n) is 5.15. The Labute approximate surface area is 138 Å². The number of pyridine rings is 1. The fourth-order valence-corrected chi connectivity index (χ4v) is 3.53. The molecule has 3 aromatic rings.